The molecule has 0 aliphatic rings. The van der Waals surface area contributed by atoms with Gasteiger partial charge in [0, 0.05) is 12.0 Å². The van der Waals surface area contributed by atoms with Gasteiger partial charge in [0.2, 0.25) is 0 Å². The molecule has 0 saturated carbocycles. The van der Waals surface area contributed by atoms with Crippen LogP contribution >= 0.6 is 0 Å². The number of quaternary nitrogens is 1. The van der Waals surface area contributed by atoms with Crippen LogP contribution in [0.25, 0.3) is 0 Å². The second-order valence-electron chi connectivity index (χ2n) is 15.4. The fourth-order valence-corrected chi connectivity index (χ4v) is 6.04. The van der Waals surface area contributed by atoms with Crippen LogP contribution in [0.15, 0.2) is 24.3 Å². The summed E-state index contributed by atoms with van der Waals surface area (Å²) < 4.78 is 17.9. The van der Waals surface area contributed by atoms with Gasteiger partial charge in [-0.2, -0.15) is 0 Å². The predicted octanol–water partition coefficient (Wildman–Crippen LogP) is 7.36. The number of hydrogen-bond acceptors (Lipinski definition) is 6. The Morgan fingerprint density at radius 2 is 1.04 bits per heavy atom. The van der Waals surface area contributed by atoms with Crippen molar-refractivity contribution < 1.29 is 50.1 Å². The molecule has 1 rings (SSSR count). The largest absolute Gasteiger partial charge is 1.00 e. The molecule has 1 amide bonds. The van der Waals surface area contributed by atoms with E-state index in [9.17, 15) is 14.4 Å². The first-order chi connectivity index (χ1) is 24.7. The van der Waals surface area contributed by atoms with E-state index in [0.717, 1.165) is 62.4 Å². The van der Waals surface area contributed by atoms with E-state index < -0.39 is 12.0 Å². The third-order valence-corrected chi connectivity index (χ3v) is 9.34. The molecule has 52 heavy (non-hydrogen) atoms. The highest BCUT2D eigenvalue weighted by atomic mass is 79.9. The topological polar surface area (TPSA) is 90.9 Å². The Morgan fingerprint density at radius 1 is 0.596 bits per heavy atom. The Hall–Kier alpha value is -2.13. The van der Waals surface area contributed by atoms with Crippen LogP contribution in [0.2, 0.25) is 0 Å². The van der Waals surface area contributed by atoms with Crippen LogP contribution in [0, 0.1) is 0 Å². The molecule has 0 aromatic heterocycles. The van der Waals surface area contributed by atoms with Gasteiger partial charge in [0.15, 0.2) is 0 Å². The van der Waals surface area contributed by atoms with Gasteiger partial charge in [0.1, 0.15) is 11.8 Å². The number of esters is 2. The zero-order valence-corrected chi connectivity index (χ0v) is 35.5. The number of carbonyl (C=O) groups excluding carboxylic acids is 3. The van der Waals surface area contributed by atoms with Crippen LogP contribution in [0.5, 0.6) is 5.75 Å². The average Bonchev–Trinajstić information content (AvgIpc) is 3.10. The molecular formula is C43H77BrN2O6. The number of benzene rings is 1. The number of unbranched alkanes of at least 4 members (excludes halogenated alkanes) is 19. The lowest BCUT2D eigenvalue weighted by Gasteiger charge is -2.23. The van der Waals surface area contributed by atoms with Gasteiger partial charge < -0.3 is 41.0 Å². The molecule has 0 aliphatic heterocycles. The predicted molar refractivity (Wildman–Crippen MR) is 210 cm³/mol. The van der Waals surface area contributed by atoms with Crippen molar-refractivity contribution in [3.63, 3.8) is 0 Å². The minimum atomic E-state index is -0.928. The number of hydrogen-bond donors (Lipinski definition) is 1. The number of nitrogens with zero attached hydrogens (tertiary/aromatic N) is 1. The summed E-state index contributed by atoms with van der Waals surface area (Å²) in [5.74, 6) is -0.537. The molecule has 1 aromatic carbocycles. The first-order valence-corrected chi connectivity index (χ1v) is 20.8. The minimum Gasteiger partial charge on any atom is -1.00 e. The molecule has 0 fully saturated rings. The van der Waals surface area contributed by atoms with Crippen LogP contribution in [0.1, 0.15) is 178 Å². The maximum atomic E-state index is 13.2. The monoisotopic (exact) mass is 796 g/mol. The minimum absolute atomic E-state index is 0. The Kier molecular flexibility index (Phi) is 32.1. The third-order valence-electron chi connectivity index (χ3n) is 9.34. The quantitative estimate of drug-likeness (QED) is 0.0446. The van der Waals surface area contributed by atoms with E-state index >= 15 is 0 Å². The molecule has 0 bridgehead atoms. The number of rotatable bonds is 34. The first-order valence-electron chi connectivity index (χ1n) is 20.8. The highest BCUT2D eigenvalue weighted by Crippen LogP contribution is 2.15. The van der Waals surface area contributed by atoms with Crippen LogP contribution in [-0.2, 0) is 19.1 Å². The summed E-state index contributed by atoms with van der Waals surface area (Å²) in [6.45, 7) is 6.88. The number of nitrogens with one attached hydrogen (secondary N) is 1. The maximum absolute atomic E-state index is 13.2. The normalized spacial score (nSPS) is 11.8. The highest BCUT2D eigenvalue weighted by molar-refractivity contribution is 5.97. The Balaban J connectivity index is 0.0000260. The van der Waals surface area contributed by atoms with E-state index in [-0.39, 0.29) is 41.7 Å². The van der Waals surface area contributed by atoms with Crippen molar-refractivity contribution in [2.45, 2.75) is 174 Å². The lowest BCUT2D eigenvalue weighted by molar-refractivity contribution is -0.870. The molecule has 1 N–H and O–H groups in total. The van der Waals surface area contributed by atoms with Gasteiger partial charge in [-0.15, -0.1) is 0 Å². The van der Waals surface area contributed by atoms with E-state index in [1.807, 2.05) is 0 Å². The second-order valence-corrected chi connectivity index (χ2v) is 15.4. The maximum Gasteiger partial charge on any atom is 0.328 e. The van der Waals surface area contributed by atoms with Crippen molar-refractivity contribution in [3.8, 4) is 5.75 Å². The number of ether oxygens (including phenoxy) is 3. The lowest BCUT2D eigenvalue weighted by atomic mass is 10.1. The summed E-state index contributed by atoms with van der Waals surface area (Å²) in [7, 11) is 6.54. The average molecular weight is 798 g/mol. The summed E-state index contributed by atoms with van der Waals surface area (Å²) >= 11 is 0. The van der Waals surface area contributed by atoms with E-state index in [2.05, 4.69) is 40.3 Å². The molecule has 1 aromatic rings. The van der Waals surface area contributed by atoms with Crippen molar-refractivity contribution >= 4 is 17.8 Å². The molecule has 0 spiro atoms. The smallest absolute Gasteiger partial charge is 0.328 e. The van der Waals surface area contributed by atoms with E-state index in [1.165, 1.54) is 89.9 Å². The summed E-state index contributed by atoms with van der Waals surface area (Å²) in [5, 5.41) is 2.82. The van der Waals surface area contributed by atoms with Gasteiger partial charge in [-0.05, 0) is 56.4 Å². The first kappa shape index (κ1) is 49.9. The molecule has 0 heterocycles. The number of halogens is 1. The molecule has 1 unspecified atom stereocenters. The van der Waals surface area contributed by atoms with Crippen molar-refractivity contribution in [2.24, 2.45) is 0 Å². The highest BCUT2D eigenvalue weighted by Gasteiger charge is 2.24. The summed E-state index contributed by atoms with van der Waals surface area (Å²) in [6.07, 6.45) is 26.3. The van der Waals surface area contributed by atoms with E-state index in [4.69, 9.17) is 14.2 Å². The van der Waals surface area contributed by atoms with Gasteiger partial charge in [-0.1, -0.05) is 129 Å². The molecule has 0 saturated heterocycles. The van der Waals surface area contributed by atoms with Gasteiger partial charge in [0.25, 0.3) is 5.91 Å². The fourth-order valence-electron chi connectivity index (χ4n) is 6.04. The van der Waals surface area contributed by atoms with Crippen LogP contribution in [0.3, 0.4) is 0 Å². The molecule has 9 heteroatoms. The van der Waals surface area contributed by atoms with Crippen LogP contribution < -0.4 is 27.0 Å². The van der Waals surface area contributed by atoms with Crippen molar-refractivity contribution in [3.05, 3.63) is 29.8 Å². The molecule has 0 radical (unpaired) electrons. The zero-order valence-electron chi connectivity index (χ0n) is 34.0. The summed E-state index contributed by atoms with van der Waals surface area (Å²) in [5.41, 5.74) is 0.420. The summed E-state index contributed by atoms with van der Waals surface area (Å²) in [6, 6.07) is 6.02. The number of amides is 1. The van der Waals surface area contributed by atoms with E-state index in [0.29, 0.717) is 31.1 Å². The van der Waals surface area contributed by atoms with Gasteiger partial charge >= 0.3 is 11.9 Å². The van der Waals surface area contributed by atoms with Crippen LogP contribution in [0.4, 0.5) is 0 Å². The Labute approximate surface area is 329 Å². The fraction of sp³-hybridized carbons (Fsp3) is 0.791. The number of carbonyl (C=O) groups is 3. The standard InChI is InChI=1S/C43H76N2O6.BrH/c1-6-8-10-12-14-16-18-20-22-25-36-50-41(46)33-32-40(43(48)51-37-26-23-21-19-17-15-13-11-9-7-2)44-42(47)38-28-30-39(31-29-38)49-35-27-24-34-45(3,4)5;/h28-31,40H,6-27,32-37H2,1-5H3;1H. The zero-order chi connectivity index (χ0) is 37.4. The van der Waals surface area contributed by atoms with Gasteiger partial charge in [0.05, 0.1) is 47.5 Å². The SMILES string of the molecule is CCCCCCCCCCCCOC(=O)CCC(NC(=O)c1ccc(OCCCC[N+](C)(C)C)cc1)C(=O)OCCCCCCCCCCCC.[Br-]. The lowest BCUT2D eigenvalue weighted by Crippen LogP contribution is -3.00. The van der Waals surface area contributed by atoms with Crippen molar-refractivity contribution in [1.29, 1.82) is 0 Å². The molecule has 1 atom stereocenters. The second kappa shape index (κ2) is 33.4. The van der Waals surface area contributed by atoms with Crippen molar-refractivity contribution in [1.82, 2.24) is 5.32 Å². The van der Waals surface area contributed by atoms with Gasteiger partial charge in [-0.25, -0.2) is 4.79 Å². The summed E-state index contributed by atoms with van der Waals surface area (Å²) in [4.78, 5) is 38.9. The van der Waals surface area contributed by atoms with Crippen molar-refractivity contribution in [2.75, 3.05) is 47.5 Å². The van der Waals surface area contributed by atoms with Crippen LogP contribution in [-0.4, -0.2) is 75.9 Å². The van der Waals surface area contributed by atoms with E-state index in [1.54, 1.807) is 24.3 Å². The van der Waals surface area contributed by atoms with Gasteiger partial charge in [-0.3, -0.25) is 9.59 Å². The molecular weight excluding hydrogens is 720 g/mol. The molecule has 0 aliphatic carbocycles. The Morgan fingerprint density at radius 3 is 1.52 bits per heavy atom. The Bertz CT molecular complexity index is 1010. The molecule has 302 valence electrons. The third kappa shape index (κ3) is 29.3. The molecule has 8 nitrogen and oxygen atoms in total.